The van der Waals surface area contributed by atoms with Crippen LogP contribution in [0.4, 0.5) is 0 Å². The molecule has 1 aromatic carbocycles. The minimum Gasteiger partial charge on any atom is -0.504 e. The van der Waals surface area contributed by atoms with Crippen LogP contribution in [0.15, 0.2) is 23.8 Å². The van der Waals surface area contributed by atoms with Crippen LogP contribution in [0.2, 0.25) is 0 Å². The number of hydrogen-bond acceptors (Lipinski definition) is 4. The van der Waals surface area contributed by atoms with E-state index in [2.05, 4.69) is 26.8 Å². The Morgan fingerprint density at radius 2 is 2.09 bits per heavy atom. The Kier molecular flexibility index (Phi) is 5.14. The molecule has 0 spiro atoms. The first-order valence-electron chi connectivity index (χ1n) is 7.70. The van der Waals surface area contributed by atoms with Gasteiger partial charge >= 0.3 is 0 Å². The monoisotopic (exact) mass is 306 g/mol. The first kappa shape index (κ1) is 16.8. The van der Waals surface area contributed by atoms with Crippen molar-refractivity contribution in [2.45, 2.75) is 58.3 Å². The third-order valence-corrected chi connectivity index (χ3v) is 4.25. The summed E-state index contributed by atoms with van der Waals surface area (Å²) < 4.78 is 10.7. The first-order valence-corrected chi connectivity index (χ1v) is 7.70. The van der Waals surface area contributed by atoms with Crippen LogP contribution in [0.25, 0.3) is 0 Å². The molecule has 4 heteroatoms. The first-order chi connectivity index (χ1) is 10.4. The summed E-state index contributed by atoms with van der Waals surface area (Å²) in [5.41, 5.74) is 2.83. The van der Waals surface area contributed by atoms with Crippen molar-refractivity contribution in [3.05, 3.63) is 34.9 Å². The smallest absolute Gasteiger partial charge is 0.161 e. The number of ether oxygens (including phenoxy) is 2. The summed E-state index contributed by atoms with van der Waals surface area (Å²) in [6, 6.07) is 3.47. The van der Waals surface area contributed by atoms with Crippen LogP contribution in [0, 0.1) is 0 Å². The Bertz CT molecular complexity index is 560. The van der Waals surface area contributed by atoms with Crippen LogP contribution < -0.4 is 4.74 Å². The lowest BCUT2D eigenvalue weighted by atomic mass is 10.0. The molecule has 1 saturated heterocycles. The van der Waals surface area contributed by atoms with Gasteiger partial charge in [0.1, 0.15) is 0 Å². The number of rotatable bonds is 7. The van der Waals surface area contributed by atoms with Crippen LogP contribution in [-0.4, -0.2) is 29.0 Å². The maximum Gasteiger partial charge on any atom is 0.161 e. The van der Waals surface area contributed by atoms with E-state index in [1.807, 2.05) is 6.07 Å². The molecule has 1 aromatic rings. The van der Waals surface area contributed by atoms with E-state index >= 15 is 0 Å². The van der Waals surface area contributed by atoms with Crippen molar-refractivity contribution in [2.24, 2.45) is 0 Å². The number of phenols is 1. The van der Waals surface area contributed by atoms with E-state index in [-0.39, 0.29) is 18.0 Å². The van der Waals surface area contributed by atoms with Crippen molar-refractivity contribution in [1.82, 2.24) is 0 Å². The van der Waals surface area contributed by atoms with E-state index in [1.54, 1.807) is 6.07 Å². The molecule has 1 fully saturated rings. The predicted octanol–water partition coefficient (Wildman–Crippen LogP) is 3.34. The molecule has 0 aliphatic carbocycles. The molecule has 0 saturated carbocycles. The van der Waals surface area contributed by atoms with Crippen LogP contribution >= 0.6 is 0 Å². The second kappa shape index (κ2) is 6.71. The Morgan fingerprint density at radius 3 is 2.64 bits per heavy atom. The lowest BCUT2D eigenvalue weighted by molar-refractivity contribution is 0.280. The van der Waals surface area contributed by atoms with E-state index in [0.29, 0.717) is 18.3 Å². The van der Waals surface area contributed by atoms with Gasteiger partial charge in [-0.05, 0) is 57.7 Å². The van der Waals surface area contributed by atoms with Gasteiger partial charge in [-0.15, -0.1) is 0 Å². The molecular weight excluding hydrogens is 280 g/mol. The van der Waals surface area contributed by atoms with E-state index < -0.39 is 0 Å². The van der Waals surface area contributed by atoms with Gasteiger partial charge in [0.05, 0.1) is 25.4 Å². The lowest BCUT2D eigenvalue weighted by Crippen LogP contribution is -2.02. The number of aromatic hydroxyl groups is 1. The van der Waals surface area contributed by atoms with Crippen LogP contribution in [0.5, 0.6) is 11.5 Å². The van der Waals surface area contributed by atoms with E-state index in [0.717, 1.165) is 24.0 Å². The second-order valence-electron chi connectivity index (χ2n) is 6.47. The number of benzene rings is 1. The third kappa shape index (κ3) is 4.02. The average Bonchev–Trinajstić information content (AvgIpc) is 3.11. The number of phenolic OH excluding ortho intramolecular Hbond substituents is 1. The summed E-state index contributed by atoms with van der Waals surface area (Å²) in [5.74, 6) is 0.552. The molecule has 0 aromatic heterocycles. The van der Waals surface area contributed by atoms with Gasteiger partial charge in [0.2, 0.25) is 0 Å². The Morgan fingerprint density at radius 1 is 1.41 bits per heavy atom. The molecule has 122 valence electrons. The highest BCUT2D eigenvalue weighted by atomic mass is 16.6. The predicted molar refractivity (Wildman–Crippen MR) is 86.2 cm³/mol. The summed E-state index contributed by atoms with van der Waals surface area (Å²) in [7, 11) is 1.51. The molecule has 1 heterocycles. The molecule has 22 heavy (non-hydrogen) atoms. The van der Waals surface area contributed by atoms with Crippen molar-refractivity contribution >= 4 is 0 Å². The maximum atomic E-state index is 10.2. The standard InChI is InChI=1S/C18H26O4/c1-12(6-8-16-18(2,3)22-16)5-7-14-9-13(11-19)10-15(21-4)17(14)20/h5,9-10,16,19-20H,6-8,11H2,1-4H3/b12-5+/t16-/m1/s1. The number of aliphatic hydroxyl groups is 1. The van der Waals surface area contributed by atoms with Gasteiger partial charge in [-0.2, -0.15) is 0 Å². The lowest BCUT2D eigenvalue weighted by Gasteiger charge is -2.10. The van der Waals surface area contributed by atoms with Crippen molar-refractivity contribution in [3.63, 3.8) is 0 Å². The minimum absolute atomic E-state index is 0.0430. The molecule has 1 aliphatic rings. The van der Waals surface area contributed by atoms with Crippen molar-refractivity contribution < 1.29 is 19.7 Å². The van der Waals surface area contributed by atoms with Gasteiger partial charge in [-0.1, -0.05) is 11.6 Å². The van der Waals surface area contributed by atoms with E-state index in [1.165, 1.54) is 12.7 Å². The fraction of sp³-hybridized carbons (Fsp3) is 0.556. The fourth-order valence-electron chi connectivity index (χ4n) is 2.62. The molecule has 0 radical (unpaired) electrons. The highest BCUT2D eigenvalue weighted by Crippen LogP contribution is 2.39. The maximum absolute atomic E-state index is 10.2. The molecule has 1 aliphatic heterocycles. The van der Waals surface area contributed by atoms with Gasteiger partial charge in [-0.3, -0.25) is 0 Å². The largest absolute Gasteiger partial charge is 0.504 e. The SMILES string of the molecule is COc1cc(CO)cc(C/C=C(\C)CC[C@H]2OC2(C)C)c1O. The van der Waals surface area contributed by atoms with Crippen molar-refractivity contribution in [2.75, 3.05) is 7.11 Å². The quantitative estimate of drug-likeness (QED) is 0.599. The third-order valence-electron chi connectivity index (χ3n) is 4.25. The fourth-order valence-corrected chi connectivity index (χ4v) is 2.62. The zero-order chi connectivity index (χ0) is 16.3. The molecule has 4 nitrogen and oxygen atoms in total. The van der Waals surface area contributed by atoms with E-state index in [9.17, 15) is 10.2 Å². The number of hydrogen-bond donors (Lipinski definition) is 2. The number of aliphatic hydroxyl groups excluding tert-OH is 1. The molecule has 2 rings (SSSR count). The van der Waals surface area contributed by atoms with E-state index in [4.69, 9.17) is 9.47 Å². The summed E-state index contributed by atoms with van der Waals surface area (Å²) in [4.78, 5) is 0. The highest BCUT2D eigenvalue weighted by Gasteiger charge is 2.46. The van der Waals surface area contributed by atoms with Crippen molar-refractivity contribution in [1.29, 1.82) is 0 Å². The molecule has 2 N–H and O–H groups in total. The summed E-state index contributed by atoms with van der Waals surface area (Å²) in [5, 5.41) is 19.4. The van der Waals surface area contributed by atoms with Crippen LogP contribution in [0.3, 0.4) is 0 Å². The van der Waals surface area contributed by atoms with Crippen LogP contribution in [-0.2, 0) is 17.8 Å². The highest BCUT2D eigenvalue weighted by molar-refractivity contribution is 5.49. The molecule has 1 atom stereocenters. The minimum atomic E-state index is -0.0690. The second-order valence-corrected chi connectivity index (χ2v) is 6.47. The normalized spacial score (nSPS) is 20.0. The van der Waals surface area contributed by atoms with Crippen molar-refractivity contribution in [3.8, 4) is 11.5 Å². The van der Waals surface area contributed by atoms with Gasteiger partial charge in [0.25, 0.3) is 0 Å². The van der Waals surface area contributed by atoms with Gasteiger partial charge in [0.15, 0.2) is 11.5 Å². The summed E-state index contributed by atoms with van der Waals surface area (Å²) >= 11 is 0. The number of epoxide rings is 1. The number of methoxy groups -OCH3 is 1. The van der Waals surface area contributed by atoms with Gasteiger partial charge < -0.3 is 19.7 Å². The molecule has 0 amide bonds. The zero-order valence-corrected chi connectivity index (χ0v) is 13.8. The van der Waals surface area contributed by atoms with Gasteiger partial charge in [0, 0.05) is 5.56 Å². The van der Waals surface area contributed by atoms with Crippen LogP contribution in [0.1, 0.15) is 44.7 Å². The summed E-state index contributed by atoms with van der Waals surface area (Å²) in [6.07, 6.45) is 5.12. The molecular formula is C18H26O4. The number of allylic oxidation sites excluding steroid dienone is 2. The molecule has 0 bridgehead atoms. The Labute approximate surface area is 132 Å². The van der Waals surface area contributed by atoms with Gasteiger partial charge in [-0.25, -0.2) is 0 Å². The Hall–Kier alpha value is -1.52. The summed E-state index contributed by atoms with van der Waals surface area (Å²) in [6.45, 7) is 6.25. The average molecular weight is 306 g/mol. The molecule has 0 unspecified atom stereocenters. The topological polar surface area (TPSA) is 62.2 Å². The Balaban J connectivity index is 1.99. The zero-order valence-electron chi connectivity index (χ0n) is 13.8.